The highest BCUT2D eigenvalue weighted by molar-refractivity contribution is 7.20. The fourth-order valence-electron chi connectivity index (χ4n) is 4.64. The Morgan fingerprint density at radius 2 is 1.56 bits per heavy atom. The van der Waals surface area contributed by atoms with Crippen molar-refractivity contribution in [2.24, 2.45) is 0 Å². The van der Waals surface area contributed by atoms with Crippen LogP contribution in [0.1, 0.15) is 43.9 Å². The molecule has 0 aliphatic heterocycles. The SMILES string of the molecule is CCOC(=O)C1(c2ccc(-c3ccc(-c4sc(Cl)cc4NC(=O)O[C@H](C)c4ccccc4Cl)cc3)cc2)CC1. The van der Waals surface area contributed by atoms with E-state index in [1.165, 1.54) is 11.3 Å². The molecule has 1 heterocycles. The Balaban J connectivity index is 1.29. The molecule has 5 nitrogen and oxygen atoms in total. The van der Waals surface area contributed by atoms with Crippen molar-refractivity contribution < 1.29 is 19.1 Å². The number of hydrogen-bond donors (Lipinski definition) is 1. The second-order valence-corrected chi connectivity index (χ2v) is 11.5. The van der Waals surface area contributed by atoms with Gasteiger partial charge in [-0.2, -0.15) is 0 Å². The Morgan fingerprint density at radius 3 is 2.18 bits per heavy atom. The van der Waals surface area contributed by atoms with Crippen LogP contribution in [-0.2, 0) is 19.7 Å². The van der Waals surface area contributed by atoms with E-state index in [9.17, 15) is 9.59 Å². The molecule has 1 aliphatic carbocycles. The van der Waals surface area contributed by atoms with Gasteiger partial charge < -0.3 is 9.47 Å². The van der Waals surface area contributed by atoms with Crippen molar-refractivity contribution in [2.45, 2.75) is 38.2 Å². The van der Waals surface area contributed by atoms with Gasteiger partial charge in [0.15, 0.2) is 0 Å². The van der Waals surface area contributed by atoms with Crippen LogP contribution >= 0.6 is 34.5 Å². The number of carbonyl (C=O) groups excluding carboxylic acids is 2. The third kappa shape index (κ3) is 5.83. The van der Waals surface area contributed by atoms with E-state index in [0.29, 0.717) is 21.7 Å². The predicted molar refractivity (Wildman–Crippen MR) is 158 cm³/mol. The minimum absolute atomic E-state index is 0.136. The van der Waals surface area contributed by atoms with Gasteiger partial charge in [0.2, 0.25) is 0 Å². The van der Waals surface area contributed by atoms with Gasteiger partial charge in [0.05, 0.1) is 26.9 Å². The number of amides is 1. The molecule has 1 saturated carbocycles. The Bertz CT molecular complexity index is 1490. The first-order chi connectivity index (χ1) is 18.8. The minimum atomic E-state index is -0.592. The van der Waals surface area contributed by atoms with Crippen molar-refractivity contribution in [1.29, 1.82) is 0 Å². The lowest BCUT2D eigenvalue weighted by atomic mass is 9.93. The first-order valence-electron chi connectivity index (χ1n) is 12.7. The summed E-state index contributed by atoms with van der Waals surface area (Å²) in [5.74, 6) is -0.136. The minimum Gasteiger partial charge on any atom is -0.465 e. The summed E-state index contributed by atoms with van der Waals surface area (Å²) in [7, 11) is 0. The van der Waals surface area contributed by atoms with Crippen molar-refractivity contribution in [2.75, 3.05) is 11.9 Å². The van der Waals surface area contributed by atoms with Crippen LogP contribution in [-0.4, -0.2) is 18.7 Å². The monoisotopic (exact) mass is 579 g/mol. The lowest BCUT2D eigenvalue weighted by Gasteiger charge is -2.16. The molecule has 200 valence electrons. The number of benzene rings is 3. The third-order valence-corrected chi connectivity index (χ3v) is 8.56. The van der Waals surface area contributed by atoms with Crippen LogP contribution in [0.2, 0.25) is 9.36 Å². The summed E-state index contributed by atoms with van der Waals surface area (Å²) in [5.41, 5.74) is 4.83. The van der Waals surface area contributed by atoms with E-state index < -0.39 is 17.6 Å². The maximum atomic E-state index is 12.7. The molecular weight excluding hydrogens is 553 g/mol. The number of ether oxygens (including phenoxy) is 2. The first kappa shape index (κ1) is 27.3. The van der Waals surface area contributed by atoms with E-state index in [1.807, 2.05) is 73.7 Å². The first-order valence-corrected chi connectivity index (χ1v) is 14.3. The number of esters is 1. The van der Waals surface area contributed by atoms with E-state index in [0.717, 1.165) is 45.5 Å². The molecule has 0 saturated heterocycles. The van der Waals surface area contributed by atoms with Crippen LogP contribution in [0.15, 0.2) is 78.9 Å². The quantitative estimate of drug-likeness (QED) is 0.211. The van der Waals surface area contributed by atoms with Gasteiger partial charge in [-0.3, -0.25) is 10.1 Å². The fraction of sp³-hybridized carbons (Fsp3) is 0.226. The molecule has 0 unspecified atom stereocenters. The average molecular weight is 581 g/mol. The summed E-state index contributed by atoms with van der Waals surface area (Å²) >= 11 is 13.9. The molecule has 4 aromatic rings. The van der Waals surface area contributed by atoms with Gasteiger partial charge in [-0.1, -0.05) is 89.9 Å². The molecule has 1 amide bonds. The number of anilines is 1. The number of rotatable bonds is 8. The van der Waals surface area contributed by atoms with E-state index >= 15 is 0 Å². The van der Waals surface area contributed by atoms with Gasteiger partial charge in [0.1, 0.15) is 6.10 Å². The Labute approximate surface area is 241 Å². The Kier molecular flexibility index (Phi) is 7.98. The molecule has 1 atom stereocenters. The van der Waals surface area contributed by atoms with Crippen LogP contribution in [0, 0.1) is 0 Å². The van der Waals surface area contributed by atoms with Gasteiger partial charge >= 0.3 is 12.1 Å². The molecular formula is C31H27Cl2NO4S. The third-order valence-electron chi connectivity index (χ3n) is 6.90. The lowest BCUT2D eigenvalue weighted by Crippen LogP contribution is -2.23. The number of nitrogens with one attached hydrogen (secondary N) is 1. The summed E-state index contributed by atoms with van der Waals surface area (Å²) in [6.45, 7) is 3.99. The number of thiophene rings is 1. The molecule has 39 heavy (non-hydrogen) atoms. The highest BCUT2D eigenvalue weighted by Crippen LogP contribution is 2.49. The molecule has 0 radical (unpaired) electrons. The van der Waals surface area contributed by atoms with Crippen molar-refractivity contribution >= 4 is 52.3 Å². The zero-order valence-corrected chi connectivity index (χ0v) is 23.8. The molecule has 1 fully saturated rings. The summed E-state index contributed by atoms with van der Waals surface area (Å²) in [5, 5.41) is 3.36. The molecule has 1 aliphatic rings. The number of halogens is 2. The Hall–Kier alpha value is -3.32. The van der Waals surface area contributed by atoms with Crippen LogP contribution in [0.4, 0.5) is 10.5 Å². The lowest BCUT2D eigenvalue weighted by molar-refractivity contribution is -0.146. The number of hydrogen-bond acceptors (Lipinski definition) is 5. The average Bonchev–Trinajstić information content (AvgIpc) is 3.67. The van der Waals surface area contributed by atoms with Crippen molar-refractivity contribution in [3.63, 3.8) is 0 Å². The van der Waals surface area contributed by atoms with Crippen molar-refractivity contribution in [3.05, 3.63) is 99.3 Å². The van der Waals surface area contributed by atoms with Crippen molar-refractivity contribution in [1.82, 2.24) is 0 Å². The number of carbonyl (C=O) groups is 2. The zero-order chi connectivity index (χ0) is 27.6. The second-order valence-electron chi connectivity index (χ2n) is 9.44. The van der Waals surface area contributed by atoms with E-state index in [1.54, 1.807) is 19.1 Å². The summed E-state index contributed by atoms with van der Waals surface area (Å²) in [4.78, 5) is 25.9. The van der Waals surface area contributed by atoms with Gasteiger partial charge in [-0.05, 0) is 61.1 Å². The van der Waals surface area contributed by atoms with E-state index in [2.05, 4.69) is 5.32 Å². The van der Waals surface area contributed by atoms with E-state index in [4.69, 9.17) is 32.7 Å². The fourth-order valence-corrected chi connectivity index (χ4v) is 6.11. The van der Waals surface area contributed by atoms with Gasteiger partial charge in [0.25, 0.3) is 0 Å². The van der Waals surface area contributed by atoms with Crippen LogP contribution in [0.3, 0.4) is 0 Å². The second kappa shape index (κ2) is 11.4. The highest BCUT2D eigenvalue weighted by atomic mass is 35.5. The standard InChI is InChI=1S/C31H27Cl2NO4S/c1-3-37-29(35)31(16-17-31)23-14-12-21(13-15-23)20-8-10-22(11-9-20)28-26(18-27(33)39-28)34-30(36)38-19(2)24-6-4-5-7-25(24)32/h4-15,18-19H,3,16-17H2,1-2H3,(H,34,36)/t19-/m1/s1. The largest absolute Gasteiger partial charge is 0.465 e. The highest BCUT2D eigenvalue weighted by Gasteiger charge is 2.52. The summed E-state index contributed by atoms with van der Waals surface area (Å²) < 4.78 is 11.4. The van der Waals surface area contributed by atoms with Crippen LogP contribution in [0.25, 0.3) is 21.6 Å². The maximum Gasteiger partial charge on any atom is 0.412 e. The molecule has 3 aromatic carbocycles. The molecule has 1 aromatic heterocycles. The van der Waals surface area contributed by atoms with Crippen molar-refractivity contribution in [3.8, 4) is 21.6 Å². The predicted octanol–water partition coefficient (Wildman–Crippen LogP) is 9.29. The molecule has 5 rings (SSSR count). The smallest absolute Gasteiger partial charge is 0.412 e. The topological polar surface area (TPSA) is 64.6 Å². The van der Waals surface area contributed by atoms with Crippen LogP contribution in [0.5, 0.6) is 0 Å². The molecule has 8 heteroatoms. The van der Waals surface area contributed by atoms with Gasteiger partial charge in [-0.15, -0.1) is 11.3 Å². The maximum absolute atomic E-state index is 12.7. The summed E-state index contributed by atoms with van der Waals surface area (Å²) in [6.07, 6.45) is 0.540. The summed E-state index contributed by atoms with van der Waals surface area (Å²) in [6, 6.07) is 25.1. The van der Waals surface area contributed by atoms with E-state index in [-0.39, 0.29) is 5.97 Å². The molecule has 1 N–H and O–H groups in total. The molecule has 0 bridgehead atoms. The molecule has 0 spiro atoms. The van der Waals surface area contributed by atoms with Gasteiger partial charge in [-0.25, -0.2) is 4.79 Å². The Morgan fingerprint density at radius 1 is 0.949 bits per heavy atom. The van der Waals surface area contributed by atoms with Gasteiger partial charge in [0, 0.05) is 10.6 Å². The zero-order valence-electron chi connectivity index (χ0n) is 21.5. The normalized spacial score (nSPS) is 14.4. The van der Waals surface area contributed by atoms with Crippen LogP contribution < -0.4 is 5.32 Å².